The van der Waals surface area contributed by atoms with Crippen molar-refractivity contribution in [2.24, 2.45) is 0 Å². The van der Waals surface area contributed by atoms with E-state index in [1.807, 2.05) is 0 Å². The van der Waals surface area contributed by atoms with Gasteiger partial charge in [-0.1, -0.05) is 78.9 Å². The molecular weight excluding hydrogens is 546 g/mol. The van der Waals surface area contributed by atoms with E-state index in [1.165, 1.54) is 95.3 Å². The third kappa shape index (κ3) is 3.52. The molecule has 3 aromatic heterocycles. The summed E-state index contributed by atoms with van der Waals surface area (Å²) in [5, 5.41) is 7.77. The first kappa shape index (κ1) is 24.9. The molecular formula is C42H31N3. The van der Waals surface area contributed by atoms with Gasteiger partial charge in [0.25, 0.3) is 0 Å². The van der Waals surface area contributed by atoms with Gasteiger partial charge >= 0.3 is 0 Å². The molecule has 0 amide bonds. The molecule has 10 rings (SSSR count). The van der Waals surface area contributed by atoms with Crippen molar-refractivity contribution in [3.8, 4) is 11.4 Å². The number of hydrogen-bond donors (Lipinski definition) is 0. The smallest absolute Gasteiger partial charge is 0.0562 e. The molecule has 3 heteroatoms. The number of fused-ring (bicyclic) bond motifs is 9. The van der Waals surface area contributed by atoms with Crippen molar-refractivity contribution >= 4 is 71.1 Å². The monoisotopic (exact) mass is 577 g/mol. The van der Waals surface area contributed by atoms with Gasteiger partial charge in [0.2, 0.25) is 0 Å². The van der Waals surface area contributed by atoms with Crippen LogP contribution in [0.2, 0.25) is 0 Å². The molecule has 0 aliphatic heterocycles. The van der Waals surface area contributed by atoms with Gasteiger partial charge in [-0.3, -0.25) is 0 Å². The third-order valence-corrected chi connectivity index (χ3v) is 9.95. The Morgan fingerprint density at radius 1 is 0.356 bits per heavy atom. The first-order chi connectivity index (χ1) is 22.3. The van der Waals surface area contributed by atoms with Crippen LogP contribution in [0.15, 0.2) is 140 Å². The fourth-order valence-electron chi connectivity index (χ4n) is 8.00. The molecule has 214 valence electrons. The second kappa shape index (κ2) is 9.48. The molecule has 0 bridgehead atoms. The van der Waals surface area contributed by atoms with Gasteiger partial charge in [0.15, 0.2) is 0 Å². The maximum Gasteiger partial charge on any atom is 0.0562 e. The van der Waals surface area contributed by atoms with Gasteiger partial charge in [-0.2, -0.15) is 0 Å². The Kier molecular flexibility index (Phi) is 5.23. The molecule has 0 spiro atoms. The molecule has 0 radical (unpaired) electrons. The fraction of sp³-hybridized carbons (Fsp3) is 0.0952. The number of hydrogen-bond acceptors (Lipinski definition) is 0. The molecule has 1 aliphatic carbocycles. The molecule has 3 nitrogen and oxygen atoms in total. The van der Waals surface area contributed by atoms with Crippen LogP contribution in [-0.4, -0.2) is 13.7 Å². The van der Waals surface area contributed by atoms with Gasteiger partial charge < -0.3 is 13.7 Å². The topological polar surface area (TPSA) is 14.8 Å². The van der Waals surface area contributed by atoms with Crippen LogP contribution >= 0.6 is 0 Å². The summed E-state index contributed by atoms with van der Waals surface area (Å²) in [4.78, 5) is 0. The summed E-state index contributed by atoms with van der Waals surface area (Å²) in [5.74, 6) is 0. The molecule has 0 N–H and O–H groups in total. The molecule has 3 heterocycles. The van der Waals surface area contributed by atoms with E-state index in [0.717, 1.165) is 12.8 Å². The summed E-state index contributed by atoms with van der Waals surface area (Å²) in [7, 11) is 0. The van der Waals surface area contributed by atoms with Crippen LogP contribution in [0.25, 0.3) is 82.5 Å². The van der Waals surface area contributed by atoms with E-state index in [1.54, 1.807) is 0 Å². The minimum absolute atomic E-state index is 1.12. The number of nitrogens with zero attached hydrogens (tertiary/aromatic N) is 3. The second-order valence-corrected chi connectivity index (χ2v) is 12.4. The van der Waals surface area contributed by atoms with Crippen molar-refractivity contribution in [2.75, 3.05) is 0 Å². The van der Waals surface area contributed by atoms with Crippen LogP contribution in [0.5, 0.6) is 0 Å². The van der Waals surface area contributed by atoms with E-state index >= 15 is 0 Å². The van der Waals surface area contributed by atoms with Gasteiger partial charge in [0.05, 0.1) is 33.1 Å². The number of rotatable bonds is 3. The number of aromatic nitrogens is 3. The standard InChI is InChI=1S/C42H31N3/c1-3-13-28(14-4-1)43-37-20-10-7-17-31(37)34-25-30(23-24-40(34)43)45-39-22-12-9-19-33(39)36-26-35-32-18-8-11-21-38(32)44(41(35)27-42(36)45)29-15-5-2-6-16-29/h1,3-4,7-15,17-27H,2,5-6,16H2. The highest BCUT2D eigenvalue weighted by Gasteiger charge is 2.20. The average molecular weight is 578 g/mol. The normalized spacial score (nSPS) is 14.0. The Bertz CT molecular complexity index is 2640. The minimum Gasteiger partial charge on any atom is -0.313 e. The Morgan fingerprint density at radius 3 is 1.53 bits per heavy atom. The minimum atomic E-state index is 1.12. The summed E-state index contributed by atoms with van der Waals surface area (Å²) < 4.78 is 7.41. The van der Waals surface area contributed by atoms with E-state index in [0.29, 0.717) is 0 Å². The average Bonchev–Trinajstić information content (AvgIpc) is 3.73. The zero-order valence-electron chi connectivity index (χ0n) is 24.9. The maximum absolute atomic E-state index is 2.54. The van der Waals surface area contributed by atoms with Crippen LogP contribution in [0.3, 0.4) is 0 Å². The second-order valence-electron chi connectivity index (χ2n) is 12.4. The van der Waals surface area contributed by atoms with E-state index in [9.17, 15) is 0 Å². The molecule has 45 heavy (non-hydrogen) atoms. The van der Waals surface area contributed by atoms with Gasteiger partial charge in [-0.15, -0.1) is 0 Å². The summed E-state index contributed by atoms with van der Waals surface area (Å²) in [6.07, 6.45) is 7.27. The lowest BCUT2D eigenvalue weighted by Crippen LogP contribution is -2.01. The number of allylic oxidation sites excluding steroid dienone is 2. The van der Waals surface area contributed by atoms with Gasteiger partial charge in [0.1, 0.15) is 0 Å². The highest BCUT2D eigenvalue weighted by atomic mass is 15.0. The van der Waals surface area contributed by atoms with Crippen molar-refractivity contribution in [3.05, 3.63) is 140 Å². The first-order valence-corrected chi connectivity index (χ1v) is 16.1. The van der Waals surface area contributed by atoms with Crippen molar-refractivity contribution in [2.45, 2.75) is 25.7 Å². The molecule has 6 aromatic carbocycles. The predicted octanol–water partition coefficient (Wildman–Crippen LogP) is 11.4. The maximum atomic E-state index is 2.54. The van der Waals surface area contributed by atoms with Crippen molar-refractivity contribution in [1.82, 2.24) is 13.7 Å². The van der Waals surface area contributed by atoms with Gasteiger partial charge in [-0.05, 0) is 86.3 Å². The number of para-hydroxylation sites is 4. The molecule has 1 aliphatic rings. The van der Waals surface area contributed by atoms with Gasteiger partial charge in [0, 0.05) is 49.4 Å². The van der Waals surface area contributed by atoms with E-state index in [4.69, 9.17) is 0 Å². The predicted molar refractivity (Wildman–Crippen MR) is 191 cm³/mol. The molecule has 0 saturated heterocycles. The molecule has 0 saturated carbocycles. The molecule has 0 unspecified atom stereocenters. The zero-order valence-corrected chi connectivity index (χ0v) is 24.9. The van der Waals surface area contributed by atoms with Crippen LogP contribution in [-0.2, 0) is 0 Å². The SMILES string of the molecule is C1=C(n2c3ccccc3c3cc4c5ccccc5n(-c5ccc6c(c5)c5ccccc5n6-c5ccccc5)c4cc32)CCCC1. The van der Waals surface area contributed by atoms with E-state index in [2.05, 4.69) is 153 Å². The van der Waals surface area contributed by atoms with E-state index < -0.39 is 0 Å². The summed E-state index contributed by atoms with van der Waals surface area (Å²) >= 11 is 0. The first-order valence-electron chi connectivity index (χ1n) is 16.1. The largest absolute Gasteiger partial charge is 0.313 e. The van der Waals surface area contributed by atoms with Crippen molar-refractivity contribution in [1.29, 1.82) is 0 Å². The molecule has 9 aromatic rings. The van der Waals surface area contributed by atoms with Crippen LogP contribution in [0.4, 0.5) is 0 Å². The van der Waals surface area contributed by atoms with Crippen LogP contribution < -0.4 is 0 Å². The Morgan fingerprint density at radius 2 is 0.889 bits per heavy atom. The Hall–Kier alpha value is -5.54. The Labute approximate surface area is 260 Å². The summed E-state index contributed by atoms with van der Waals surface area (Å²) in [6, 6.07) is 49.2. The third-order valence-electron chi connectivity index (χ3n) is 9.95. The van der Waals surface area contributed by atoms with Crippen LogP contribution in [0.1, 0.15) is 25.7 Å². The lowest BCUT2D eigenvalue weighted by molar-refractivity contribution is 0.724. The van der Waals surface area contributed by atoms with Crippen molar-refractivity contribution < 1.29 is 0 Å². The molecule has 0 fully saturated rings. The number of benzene rings is 6. The fourth-order valence-corrected chi connectivity index (χ4v) is 8.00. The lowest BCUT2D eigenvalue weighted by atomic mass is 10.0. The van der Waals surface area contributed by atoms with Crippen LogP contribution in [0, 0.1) is 0 Å². The summed E-state index contributed by atoms with van der Waals surface area (Å²) in [5.41, 5.74) is 11.3. The Balaban J connectivity index is 1.31. The van der Waals surface area contributed by atoms with Crippen molar-refractivity contribution in [3.63, 3.8) is 0 Å². The lowest BCUT2D eigenvalue weighted by Gasteiger charge is -2.17. The van der Waals surface area contributed by atoms with E-state index in [-0.39, 0.29) is 0 Å². The highest BCUT2D eigenvalue weighted by Crippen LogP contribution is 2.41. The van der Waals surface area contributed by atoms with Gasteiger partial charge in [-0.25, -0.2) is 0 Å². The quantitative estimate of drug-likeness (QED) is 0.198. The summed E-state index contributed by atoms with van der Waals surface area (Å²) in [6.45, 7) is 0. The molecule has 0 atom stereocenters. The zero-order chi connectivity index (χ0) is 29.5. The highest BCUT2D eigenvalue weighted by molar-refractivity contribution is 6.20.